The van der Waals surface area contributed by atoms with Gasteiger partial charge in [0.15, 0.2) is 8.32 Å². The average molecular weight is 264 g/mol. The summed E-state index contributed by atoms with van der Waals surface area (Å²) in [6.45, 7) is 11.1. The topological polar surface area (TPSA) is 26.3 Å². The standard InChI is InChI=1S/C15H24O2Si/c1-15(2,3)18(4,5)17-14(11-12-16)13-9-7-6-8-10-13/h6-10,12,14H,11H2,1-5H3/t14-/m0/s1. The van der Waals surface area contributed by atoms with Crippen molar-refractivity contribution in [2.75, 3.05) is 0 Å². The van der Waals surface area contributed by atoms with Crippen LogP contribution in [0.3, 0.4) is 0 Å². The molecule has 0 aliphatic carbocycles. The number of carbonyl (C=O) groups excluding carboxylic acids is 1. The van der Waals surface area contributed by atoms with E-state index in [-0.39, 0.29) is 11.1 Å². The molecule has 0 unspecified atom stereocenters. The van der Waals surface area contributed by atoms with E-state index in [4.69, 9.17) is 4.43 Å². The van der Waals surface area contributed by atoms with E-state index >= 15 is 0 Å². The smallest absolute Gasteiger partial charge is 0.192 e. The molecule has 1 rings (SSSR count). The van der Waals surface area contributed by atoms with Crippen LogP contribution in [-0.4, -0.2) is 14.6 Å². The first-order valence-electron chi connectivity index (χ1n) is 6.44. The van der Waals surface area contributed by atoms with E-state index in [1.54, 1.807) is 0 Å². The highest BCUT2D eigenvalue weighted by atomic mass is 28.4. The first-order chi connectivity index (χ1) is 8.28. The van der Waals surface area contributed by atoms with E-state index in [1.165, 1.54) is 0 Å². The Hall–Kier alpha value is -0.933. The summed E-state index contributed by atoms with van der Waals surface area (Å²) < 4.78 is 6.34. The normalized spacial score (nSPS) is 14.3. The lowest BCUT2D eigenvalue weighted by Gasteiger charge is -2.39. The SMILES string of the molecule is CC(C)(C)[Si](C)(C)O[C@@H](CC=O)c1ccccc1. The largest absolute Gasteiger partial charge is 0.410 e. The van der Waals surface area contributed by atoms with Gasteiger partial charge in [-0.15, -0.1) is 0 Å². The molecule has 1 aromatic carbocycles. The highest BCUT2D eigenvalue weighted by molar-refractivity contribution is 6.74. The van der Waals surface area contributed by atoms with Crippen molar-refractivity contribution in [1.82, 2.24) is 0 Å². The van der Waals surface area contributed by atoms with Gasteiger partial charge in [0.2, 0.25) is 0 Å². The average Bonchev–Trinajstić information content (AvgIpc) is 2.28. The number of benzene rings is 1. The monoisotopic (exact) mass is 264 g/mol. The number of aldehydes is 1. The molecule has 1 atom stereocenters. The summed E-state index contributed by atoms with van der Waals surface area (Å²) in [5, 5.41) is 0.156. The van der Waals surface area contributed by atoms with Crippen LogP contribution in [0.2, 0.25) is 18.1 Å². The van der Waals surface area contributed by atoms with Gasteiger partial charge in [0, 0.05) is 6.42 Å². The molecule has 0 spiro atoms. The van der Waals surface area contributed by atoms with Crippen LogP contribution in [0.5, 0.6) is 0 Å². The van der Waals surface area contributed by atoms with Crippen LogP contribution in [0.1, 0.15) is 38.9 Å². The fourth-order valence-electron chi connectivity index (χ4n) is 1.54. The molecule has 2 nitrogen and oxygen atoms in total. The van der Waals surface area contributed by atoms with Crippen molar-refractivity contribution in [2.45, 2.75) is 51.4 Å². The quantitative estimate of drug-likeness (QED) is 0.584. The zero-order valence-corrected chi connectivity index (χ0v) is 13.1. The van der Waals surface area contributed by atoms with Crippen LogP contribution in [0, 0.1) is 0 Å². The number of rotatable bonds is 5. The third-order valence-electron chi connectivity index (χ3n) is 3.72. The van der Waals surface area contributed by atoms with Gasteiger partial charge in [0.05, 0.1) is 6.10 Å². The van der Waals surface area contributed by atoms with Crippen molar-refractivity contribution in [3.8, 4) is 0 Å². The second-order valence-corrected chi connectivity index (χ2v) is 10.9. The van der Waals surface area contributed by atoms with E-state index in [0.29, 0.717) is 6.42 Å². The second-order valence-electron chi connectivity index (χ2n) is 6.18. The van der Waals surface area contributed by atoms with Crippen molar-refractivity contribution in [3.05, 3.63) is 35.9 Å². The molecule has 0 saturated carbocycles. The Morgan fingerprint density at radius 1 is 1.22 bits per heavy atom. The minimum atomic E-state index is -1.85. The van der Waals surface area contributed by atoms with Gasteiger partial charge in [-0.25, -0.2) is 0 Å². The minimum absolute atomic E-state index is 0.107. The van der Waals surface area contributed by atoms with Crippen molar-refractivity contribution >= 4 is 14.6 Å². The molecule has 0 heterocycles. The van der Waals surface area contributed by atoms with E-state index in [1.807, 2.05) is 30.3 Å². The Morgan fingerprint density at radius 2 is 1.78 bits per heavy atom. The lowest BCUT2D eigenvalue weighted by Crippen LogP contribution is -2.41. The highest BCUT2D eigenvalue weighted by Crippen LogP contribution is 2.40. The summed E-state index contributed by atoms with van der Waals surface area (Å²) in [7, 11) is -1.85. The summed E-state index contributed by atoms with van der Waals surface area (Å²) in [4.78, 5) is 10.9. The van der Waals surface area contributed by atoms with E-state index < -0.39 is 8.32 Å². The maximum atomic E-state index is 10.9. The summed E-state index contributed by atoms with van der Waals surface area (Å²) in [6.07, 6.45) is 1.27. The van der Waals surface area contributed by atoms with Gasteiger partial charge >= 0.3 is 0 Å². The lowest BCUT2D eigenvalue weighted by atomic mass is 10.1. The van der Waals surface area contributed by atoms with Crippen LogP contribution in [0.15, 0.2) is 30.3 Å². The molecule has 1 aromatic rings. The Bertz CT molecular complexity index is 379. The minimum Gasteiger partial charge on any atom is -0.410 e. The molecule has 0 saturated heterocycles. The third kappa shape index (κ3) is 3.78. The van der Waals surface area contributed by atoms with Crippen LogP contribution in [0.4, 0.5) is 0 Å². The summed E-state index contributed by atoms with van der Waals surface area (Å²) in [6, 6.07) is 10.0. The Balaban J connectivity index is 2.92. The first kappa shape index (κ1) is 15.1. The summed E-state index contributed by atoms with van der Waals surface area (Å²) in [5.41, 5.74) is 1.09. The van der Waals surface area contributed by atoms with Gasteiger partial charge in [0.25, 0.3) is 0 Å². The van der Waals surface area contributed by atoms with E-state index in [9.17, 15) is 4.79 Å². The fraction of sp³-hybridized carbons (Fsp3) is 0.533. The van der Waals surface area contributed by atoms with Gasteiger partial charge in [-0.3, -0.25) is 0 Å². The van der Waals surface area contributed by atoms with Gasteiger partial charge in [-0.2, -0.15) is 0 Å². The molecule has 0 aromatic heterocycles. The maximum Gasteiger partial charge on any atom is 0.192 e. The van der Waals surface area contributed by atoms with Gasteiger partial charge in [0.1, 0.15) is 6.29 Å². The van der Waals surface area contributed by atoms with Crippen molar-refractivity contribution in [1.29, 1.82) is 0 Å². The van der Waals surface area contributed by atoms with Crippen molar-refractivity contribution in [3.63, 3.8) is 0 Å². The Kier molecular flexibility index (Phi) is 4.88. The maximum absolute atomic E-state index is 10.9. The fourth-order valence-corrected chi connectivity index (χ4v) is 2.84. The molecule has 0 aliphatic heterocycles. The molecule has 0 amide bonds. The highest BCUT2D eigenvalue weighted by Gasteiger charge is 2.39. The van der Waals surface area contributed by atoms with Crippen LogP contribution >= 0.6 is 0 Å². The number of hydrogen-bond donors (Lipinski definition) is 0. The Morgan fingerprint density at radius 3 is 2.22 bits per heavy atom. The lowest BCUT2D eigenvalue weighted by molar-refractivity contribution is -0.109. The van der Waals surface area contributed by atoms with E-state index in [0.717, 1.165) is 11.8 Å². The molecule has 0 N–H and O–H groups in total. The number of carbonyl (C=O) groups is 1. The first-order valence-corrected chi connectivity index (χ1v) is 9.35. The van der Waals surface area contributed by atoms with Crippen LogP contribution in [0.25, 0.3) is 0 Å². The second kappa shape index (κ2) is 5.80. The Labute approximate surface area is 111 Å². The third-order valence-corrected chi connectivity index (χ3v) is 8.21. The zero-order chi connectivity index (χ0) is 13.8. The summed E-state index contributed by atoms with van der Waals surface area (Å²) >= 11 is 0. The molecule has 0 bridgehead atoms. The van der Waals surface area contributed by atoms with Crippen LogP contribution in [-0.2, 0) is 9.22 Å². The predicted molar refractivity (Wildman–Crippen MR) is 78.1 cm³/mol. The van der Waals surface area contributed by atoms with Crippen molar-refractivity contribution < 1.29 is 9.22 Å². The van der Waals surface area contributed by atoms with Crippen molar-refractivity contribution in [2.24, 2.45) is 0 Å². The van der Waals surface area contributed by atoms with Crippen LogP contribution < -0.4 is 0 Å². The molecule has 0 fully saturated rings. The summed E-state index contributed by atoms with van der Waals surface area (Å²) in [5.74, 6) is 0. The zero-order valence-electron chi connectivity index (χ0n) is 12.1. The molecular formula is C15H24O2Si. The van der Waals surface area contributed by atoms with Gasteiger partial charge in [-0.05, 0) is 23.7 Å². The molecule has 0 aliphatic rings. The molecular weight excluding hydrogens is 240 g/mol. The molecule has 18 heavy (non-hydrogen) atoms. The molecule has 0 radical (unpaired) electrons. The van der Waals surface area contributed by atoms with Gasteiger partial charge < -0.3 is 9.22 Å². The predicted octanol–water partition coefficient (Wildman–Crippen LogP) is 4.34. The molecule has 3 heteroatoms. The van der Waals surface area contributed by atoms with Gasteiger partial charge in [-0.1, -0.05) is 51.1 Å². The van der Waals surface area contributed by atoms with E-state index in [2.05, 4.69) is 33.9 Å². The number of hydrogen-bond acceptors (Lipinski definition) is 2. The molecule has 100 valence electrons.